The van der Waals surface area contributed by atoms with Gasteiger partial charge in [-0.2, -0.15) is 9.49 Å². The third kappa shape index (κ3) is 2.56. The van der Waals surface area contributed by atoms with Gasteiger partial charge in [0, 0.05) is 25.4 Å². The Morgan fingerprint density at radius 2 is 2.25 bits per heavy atom. The highest BCUT2D eigenvalue weighted by Gasteiger charge is 1.99. The Morgan fingerprint density at radius 1 is 1.38 bits per heavy atom. The van der Waals surface area contributed by atoms with Crippen molar-refractivity contribution in [3.63, 3.8) is 0 Å². The highest BCUT2D eigenvalue weighted by Crippen LogP contribution is 2.09. The van der Waals surface area contributed by atoms with E-state index in [9.17, 15) is 4.39 Å². The van der Waals surface area contributed by atoms with E-state index >= 15 is 0 Å². The number of hydrogen-bond acceptors (Lipinski definition) is 3. The van der Waals surface area contributed by atoms with Crippen LogP contribution in [0.25, 0.3) is 0 Å². The molecule has 2 rings (SSSR count). The van der Waals surface area contributed by atoms with Crippen LogP contribution in [0.5, 0.6) is 5.75 Å². The van der Waals surface area contributed by atoms with Crippen LogP contribution in [0.2, 0.25) is 0 Å². The number of aryl methyl sites for hydroxylation is 1. The minimum absolute atomic E-state index is 0.501. The first-order valence-corrected chi connectivity index (χ1v) is 4.97. The molecule has 2 aromatic heterocycles. The monoisotopic (exact) mass is 221 g/mol. The first-order chi connectivity index (χ1) is 7.75. The lowest BCUT2D eigenvalue weighted by atomic mass is 10.3. The van der Waals surface area contributed by atoms with Gasteiger partial charge in [0.2, 0.25) is 5.95 Å². The standard InChI is InChI=1S/C11H12FN3O/c1-15-9(4-6-14-15)5-7-16-10-2-3-11(12)13-8-10/h2-4,6,8H,5,7H2,1H3. The minimum Gasteiger partial charge on any atom is -0.492 e. The third-order valence-corrected chi connectivity index (χ3v) is 2.25. The van der Waals surface area contributed by atoms with Gasteiger partial charge in [-0.15, -0.1) is 0 Å². The van der Waals surface area contributed by atoms with Crippen molar-refractivity contribution in [1.82, 2.24) is 14.8 Å². The summed E-state index contributed by atoms with van der Waals surface area (Å²) in [4.78, 5) is 3.50. The van der Waals surface area contributed by atoms with Crippen LogP contribution in [0.3, 0.4) is 0 Å². The van der Waals surface area contributed by atoms with E-state index in [1.165, 1.54) is 12.3 Å². The molecule has 0 radical (unpaired) electrons. The number of rotatable bonds is 4. The second kappa shape index (κ2) is 4.74. The summed E-state index contributed by atoms with van der Waals surface area (Å²) in [6.45, 7) is 0.521. The first-order valence-electron chi connectivity index (χ1n) is 4.97. The number of aromatic nitrogens is 3. The number of pyridine rings is 1. The van der Waals surface area contributed by atoms with Crippen LogP contribution in [0.1, 0.15) is 5.69 Å². The lowest BCUT2D eigenvalue weighted by molar-refractivity contribution is 0.316. The summed E-state index contributed by atoms with van der Waals surface area (Å²) in [6.07, 6.45) is 3.88. The molecular formula is C11H12FN3O. The van der Waals surface area contributed by atoms with Gasteiger partial charge in [0.25, 0.3) is 0 Å². The molecule has 0 N–H and O–H groups in total. The van der Waals surface area contributed by atoms with E-state index in [-0.39, 0.29) is 0 Å². The van der Waals surface area contributed by atoms with Crippen LogP contribution in [0.15, 0.2) is 30.6 Å². The Hall–Kier alpha value is -1.91. The molecule has 0 aromatic carbocycles. The molecule has 0 atom stereocenters. The van der Waals surface area contributed by atoms with E-state index < -0.39 is 5.95 Å². The zero-order valence-electron chi connectivity index (χ0n) is 8.93. The Balaban J connectivity index is 1.84. The molecule has 0 aliphatic carbocycles. The number of halogens is 1. The Labute approximate surface area is 92.7 Å². The van der Waals surface area contributed by atoms with Crippen LogP contribution in [0, 0.1) is 5.95 Å². The van der Waals surface area contributed by atoms with Crippen molar-refractivity contribution in [2.45, 2.75) is 6.42 Å². The largest absolute Gasteiger partial charge is 0.492 e. The molecule has 0 bridgehead atoms. The Morgan fingerprint density at radius 3 is 2.88 bits per heavy atom. The molecule has 0 saturated heterocycles. The van der Waals surface area contributed by atoms with Gasteiger partial charge in [-0.25, -0.2) is 4.98 Å². The SMILES string of the molecule is Cn1nccc1CCOc1ccc(F)nc1. The second-order valence-electron chi connectivity index (χ2n) is 3.36. The highest BCUT2D eigenvalue weighted by atomic mass is 19.1. The minimum atomic E-state index is -0.501. The van der Waals surface area contributed by atoms with Gasteiger partial charge in [0.15, 0.2) is 0 Å². The van der Waals surface area contributed by atoms with Crippen LogP contribution in [-0.4, -0.2) is 21.4 Å². The second-order valence-corrected chi connectivity index (χ2v) is 3.36. The summed E-state index contributed by atoms with van der Waals surface area (Å²) in [5, 5.41) is 4.05. The van der Waals surface area contributed by atoms with Crippen LogP contribution >= 0.6 is 0 Å². The fraction of sp³-hybridized carbons (Fsp3) is 0.273. The topological polar surface area (TPSA) is 39.9 Å². The molecule has 16 heavy (non-hydrogen) atoms. The quantitative estimate of drug-likeness (QED) is 0.736. The fourth-order valence-corrected chi connectivity index (χ4v) is 1.37. The van der Waals surface area contributed by atoms with E-state index in [1.807, 2.05) is 13.1 Å². The first kappa shape index (κ1) is 10.6. The average Bonchev–Trinajstić information content (AvgIpc) is 2.68. The van der Waals surface area contributed by atoms with Crippen molar-refractivity contribution in [1.29, 1.82) is 0 Å². The Kier molecular flexibility index (Phi) is 3.14. The van der Waals surface area contributed by atoms with Crippen molar-refractivity contribution in [2.75, 3.05) is 6.61 Å². The van der Waals surface area contributed by atoms with Crippen molar-refractivity contribution in [2.24, 2.45) is 7.05 Å². The predicted molar refractivity (Wildman–Crippen MR) is 56.6 cm³/mol. The maximum Gasteiger partial charge on any atom is 0.213 e. The molecule has 2 heterocycles. The van der Waals surface area contributed by atoms with Crippen LogP contribution in [0.4, 0.5) is 4.39 Å². The molecule has 0 saturated carbocycles. The third-order valence-electron chi connectivity index (χ3n) is 2.25. The molecule has 0 spiro atoms. The molecular weight excluding hydrogens is 209 g/mol. The average molecular weight is 221 g/mol. The fourth-order valence-electron chi connectivity index (χ4n) is 1.37. The molecule has 84 valence electrons. The van der Waals surface area contributed by atoms with Gasteiger partial charge in [-0.1, -0.05) is 0 Å². The summed E-state index contributed by atoms with van der Waals surface area (Å²) in [6, 6.07) is 4.78. The summed E-state index contributed by atoms with van der Waals surface area (Å²) in [7, 11) is 1.88. The highest BCUT2D eigenvalue weighted by molar-refractivity contribution is 5.16. The number of hydrogen-bond donors (Lipinski definition) is 0. The summed E-state index contributed by atoms with van der Waals surface area (Å²) in [5.74, 6) is 0.0718. The summed E-state index contributed by atoms with van der Waals surface area (Å²) >= 11 is 0. The van der Waals surface area contributed by atoms with Crippen molar-refractivity contribution >= 4 is 0 Å². The van der Waals surface area contributed by atoms with Gasteiger partial charge < -0.3 is 4.74 Å². The van der Waals surface area contributed by atoms with Crippen molar-refractivity contribution in [3.05, 3.63) is 42.2 Å². The summed E-state index contributed by atoms with van der Waals surface area (Å²) in [5.41, 5.74) is 1.09. The van der Waals surface area contributed by atoms with Gasteiger partial charge in [0.1, 0.15) is 5.75 Å². The molecule has 0 aliphatic heterocycles. The molecule has 0 fully saturated rings. The van der Waals surface area contributed by atoms with Crippen LogP contribution < -0.4 is 4.74 Å². The van der Waals surface area contributed by atoms with Gasteiger partial charge >= 0.3 is 0 Å². The molecule has 4 nitrogen and oxygen atoms in total. The molecule has 0 unspecified atom stereocenters. The lowest BCUT2D eigenvalue weighted by Crippen LogP contribution is -2.06. The zero-order chi connectivity index (χ0) is 11.4. The van der Waals surface area contributed by atoms with Gasteiger partial charge in [0.05, 0.1) is 12.8 Å². The predicted octanol–water partition coefficient (Wildman–Crippen LogP) is 1.58. The molecule has 5 heteroatoms. The lowest BCUT2D eigenvalue weighted by Gasteiger charge is -2.05. The van der Waals surface area contributed by atoms with E-state index in [4.69, 9.17) is 4.74 Å². The van der Waals surface area contributed by atoms with E-state index in [0.29, 0.717) is 12.4 Å². The summed E-state index contributed by atoms with van der Waals surface area (Å²) < 4.78 is 19.7. The zero-order valence-corrected chi connectivity index (χ0v) is 8.93. The van der Waals surface area contributed by atoms with Crippen molar-refractivity contribution in [3.8, 4) is 5.75 Å². The molecule has 2 aromatic rings. The molecule has 0 aliphatic rings. The van der Waals surface area contributed by atoms with E-state index in [1.54, 1.807) is 16.9 Å². The normalized spacial score (nSPS) is 10.4. The Bertz CT molecular complexity index is 453. The van der Waals surface area contributed by atoms with Crippen molar-refractivity contribution < 1.29 is 9.13 Å². The smallest absolute Gasteiger partial charge is 0.213 e. The van der Waals surface area contributed by atoms with E-state index in [0.717, 1.165) is 12.1 Å². The molecule has 0 amide bonds. The van der Waals surface area contributed by atoms with Gasteiger partial charge in [-0.05, 0) is 18.2 Å². The maximum atomic E-state index is 12.5. The maximum absolute atomic E-state index is 12.5. The van der Waals surface area contributed by atoms with Crippen LogP contribution in [-0.2, 0) is 13.5 Å². The van der Waals surface area contributed by atoms with E-state index in [2.05, 4.69) is 10.1 Å². The number of ether oxygens (including phenoxy) is 1. The number of nitrogens with zero attached hydrogens (tertiary/aromatic N) is 3. The van der Waals surface area contributed by atoms with Gasteiger partial charge in [-0.3, -0.25) is 4.68 Å².